The van der Waals surface area contributed by atoms with Gasteiger partial charge in [-0.25, -0.2) is 8.42 Å². The van der Waals surface area contributed by atoms with Gasteiger partial charge in [-0.2, -0.15) is 4.31 Å². The molecule has 0 spiro atoms. The van der Waals surface area contributed by atoms with Crippen molar-refractivity contribution in [2.75, 3.05) is 18.1 Å². The molecule has 0 saturated heterocycles. The second kappa shape index (κ2) is 6.10. The van der Waals surface area contributed by atoms with Crippen LogP contribution in [0.4, 0.5) is 5.82 Å². The minimum Gasteiger partial charge on any atom is -0.468 e. The SMILES string of the molecule is Cc1cc(NC(=O)CN(Cc2ccco2)S(C)(=O)=O)no1. The molecule has 0 aliphatic rings. The van der Waals surface area contributed by atoms with Gasteiger partial charge in [-0.05, 0) is 19.1 Å². The second-order valence-corrected chi connectivity index (χ2v) is 6.46. The monoisotopic (exact) mass is 313 g/mol. The molecule has 0 aliphatic carbocycles. The lowest BCUT2D eigenvalue weighted by atomic mass is 10.4. The third-order valence-electron chi connectivity index (χ3n) is 2.60. The van der Waals surface area contributed by atoms with E-state index in [1.165, 1.54) is 12.3 Å². The molecule has 0 aliphatic heterocycles. The summed E-state index contributed by atoms with van der Waals surface area (Å²) in [7, 11) is -3.55. The molecule has 0 radical (unpaired) electrons. The van der Waals surface area contributed by atoms with Crippen molar-refractivity contribution in [2.24, 2.45) is 0 Å². The van der Waals surface area contributed by atoms with E-state index in [1.807, 2.05) is 0 Å². The van der Waals surface area contributed by atoms with Crippen LogP contribution in [0, 0.1) is 6.92 Å². The lowest BCUT2D eigenvalue weighted by Crippen LogP contribution is -2.36. The van der Waals surface area contributed by atoms with E-state index in [1.54, 1.807) is 19.1 Å². The van der Waals surface area contributed by atoms with Gasteiger partial charge in [0.15, 0.2) is 5.82 Å². The summed E-state index contributed by atoms with van der Waals surface area (Å²) in [5, 5.41) is 6.07. The highest BCUT2D eigenvalue weighted by molar-refractivity contribution is 7.88. The van der Waals surface area contributed by atoms with E-state index in [-0.39, 0.29) is 18.9 Å². The molecule has 0 saturated carbocycles. The minimum absolute atomic E-state index is 0.0168. The highest BCUT2D eigenvalue weighted by atomic mass is 32.2. The van der Waals surface area contributed by atoms with Crippen molar-refractivity contribution in [3.05, 3.63) is 36.0 Å². The number of furan rings is 1. The fourth-order valence-corrected chi connectivity index (χ4v) is 2.35. The Morgan fingerprint density at radius 3 is 2.76 bits per heavy atom. The van der Waals surface area contributed by atoms with Crippen LogP contribution < -0.4 is 5.32 Å². The highest BCUT2D eigenvalue weighted by Gasteiger charge is 2.22. The largest absolute Gasteiger partial charge is 0.468 e. The molecule has 0 bridgehead atoms. The number of aromatic nitrogens is 1. The molecule has 2 aromatic heterocycles. The Balaban J connectivity index is 2.03. The molecule has 2 rings (SSSR count). The Kier molecular flexibility index (Phi) is 4.43. The third-order valence-corrected chi connectivity index (χ3v) is 3.79. The van der Waals surface area contributed by atoms with Crippen molar-refractivity contribution in [1.29, 1.82) is 0 Å². The maximum atomic E-state index is 11.9. The summed E-state index contributed by atoms with van der Waals surface area (Å²) in [5.74, 6) is 0.718. The quantitative estimate of drug-likeness (QED) is 0.852. The average Bonchev–Trinajstić information content (AvgIpc) is 2.99. The molecular formula is C12H15N3O5S. The summed E-state index contributed by atoms with van der Waals surface area (Å²) in [5.41, 5.74) is 0. The number of carbonyl (C=O) groups is 1. The Bertz CT molecular complexity index is 705. The number of aryl methyl sites for hydroxylation is 1. The number of sulfonamides is 1. The van der Waals surface area contributed by atoms with Gasteiger partial charge in [-0.1, -0.05) is 5.16 Å². The van der Waals surface area contributed by atoms with Crippen LogP contribution in [-0.4, -0.2) is 36.6 Å². The van der Waals surface area contributed by atoms with Gasteiger partial charge in [0.25, 0.3) is 0 Å². The predicted molar refractivity (Wildman–Crippen MR) is 73.8 cm³/mol. The number of hydrogen-bond acceptors (Lipinski definition) is 6. The predicted octanol–water partition coefficient (Wildman–Crippen LogP) is 0.976. The first-order chi connectivity index (χ1) is 9.84. The van der Waals surface area contributed by atoms with Gasteiger partial charge in [-0.15, -0.1) is 0 Å². The van der Waals surface area contributed by atoms with Crippen LogP contribution in [0.25, 0.3) is 0 Å². The fraction of sp³-hybridized carbons (Fsp3) is 0.333. The van der Waals surface area contributed by atoms with Crippen LogP contribution in [0.15, 0.2) is 33.4 Å². The number of carbonyl (C=O) groups excluding carboxylic acids is 1. The standard InChI is InChI=1S/C12H15N3O5S/c1-9-6-11(14-20-9)13-12(16)8-15(21(2,17)18)7-10-4-3-5-19-10/h3-6H,7-8H2,1-2H3,(H,13,14,16). The van der Waals surface area contributed by atoms with Crippen molar-refractivity contribution in [1.82, 2.24) is 9.46 Å². The Morgan fingerprint density at radius 1 is 1.48 bits per heavy atom. The average molecular weight is 313 g/mol. The maximum absolute atomic E-state index is 11.9. The summed E-state index contributed by atoms with van der Waals surface area (Å²) >= 11 is 0. The second-order valence-electron chi connectivity index (χ2n) is 4.48. The molecule has 1 amide bonds. The molecule has 0 aromatic carbocycles. The third kappa shape index (κ3) is 4.43. The zero-order chi connectivity index (χ0) is 15.5. The lowest BCUT2D eigenvalue weighted by molar-refractivity contribution is -0.116. The fourth-order valence-electron chi connectivity index (χ4n) is 1.63. The summed E-state index contributed by atoms with van der Waals surface area (Å²) in [6.45, 7) is 1.32. The minimum atomic E-state index is -3.55. The molecule has 114 valence electrons. The summed E-state index contributed by atoms with van der Waals surface area (Å²) < 4.78 is 34.4. The smallest absolute Gasteiger partial charge is 0.240 e. The van der Waals surface area contributed by atoms with Gasteiger partial charge in [0.05, 0.1) is 25.6 Å². The van der Waals surface area contributed by atoms with E-state index in [4.69, 9.17) is 8.94 Å². The van der Waals surface area contributed by atoms with E-state index in [2.05, 4.69) is 10.5 Å². The number of amides is 1. The molecule has 0 fully saturated rings. The van der Waals surface area contributed by atoms with E-state index in [0.717, 1.165) is 10.6 Å². The molecule has 21 heavy (non-hydrogen) atoms. The first kappa shape index (κ1) is 15.3. The van der Waals surface area contributed by atoms with Crippen LogP contribution in [0.1, 0.15) is 11.5 Å². The highest BCUT2D eigenvalue weighted by Crippen LogP contribution is 2.10. The molecule has 0 unspecified atom stereocenters. The maximum Gasteiger partial charge on any atom is 0.240 e. The molecular weight excluding hydrogens is 298 g/mol. The van der Waals surface area contributed by atoms with E-state index in [0.29, 0.717) is 11.5 Å². The molecule has 0 atom stereocenters. The van der Waals surface area contributed by atoms with Gasteiger partial charge < -0.3 is 14.3 Å². The zero-order valence-electron chi connectivity index (χ0n) is 11.6. The Morgan fingerprint density at radius 2 is 2.24 bits per heavy atom. The molecule has 1 N–H and O–H groups in total. The topological polar surface area (TPSA) is 106 Å². The molecule has 2 aromatic rings. The first-order valence-corrected chi connectivity index (χ1v) is 7.90. The Hall–Kier alpha value is -2.13. The normalized spacial score (nSPS) is 11.8. The number of hydrogen-bond donors (Lipinski definition) is 1. The molecule has 8 nitrogen and oxygen atoms in total. The molecule has 2 heterocycles. The van der Waals surface area contributed by atoms with E-state index < -0.39 is 15.9 Å². The van der Waals surface area contributed by atoms with Crippen molar-refractivity contribution >= 4 is 21.7 Å². The van der Waals surface area contributed by atoms with Crippen LogP contribution >= 0.6 is 0 Å². The van der Waals surface area contributed by atoms with Crippen molar-refractivity contribution < 1.29 is 22.2 Å². The van der Waals surface area contributed by atoms with E-state index in [9.17, 15) is 13.2 Å². The van der Waals surface area contributed by atoms with Gasteiger partial charge in [0, 0.05) is 6.07 Å². The van der Waals surface area contributed by atoms with Crippen molar-refractivity contribution in [2.45, 2.75) is 13.5 Å². The summed E-state index contributed by atoms with van der Waals surface area (Å²) in [6.07, 6.45) is 2.47. The number of nitrogens with zero attached hydrogens (tertiary/aromatic N) is 2. The number of rotatable bonds is 6. The Labute approximate surface area is 121 Å². The number of anilines is 1. The van der Waals surface area contributed by atoms with Crippen molar-refractivity contribution in [3.8, 4) is 0 Å². The van der Waals surface area contributed by atoms with E-state index >= 15 is 0 Å². The summed E-state index contributed by atoms with van der Waals surface area (Å²) in [4.78, 5) is 11.9. The van der Waals surface area contributed by atoms with Crippen LogP contribution in [-0.2, 0) is 21.4 Å². The van der Waals surface area contributed by atoms with Crippen LogP contribution in [0.5, 0.6) is 0 Å². The van der Waals surface area contributed by atoms with Gasteiger partial charge in [0.1, 0.15) is 11.5 Å². The van der Waals surface area contributed by atoms with Crippen LogP contribution in [0.2, 0.25) is 0 Å². The van der Waals surface area contributed by atoms with Gasteiger partial charge in [0.2, 0.25) is 15.9 Å². The summed E-state index contributed by atoms with van der Waals surface area (Å²) in [6, 6.07) is 4.82. The molecule has 9 heteroatoms. The lowest BCUT2D eigenvalue weighted by Gasteiger charge is -2.17. The van der Waals surface area contributed by atoms with Gasteiger partial charge >= 0.3 is 0 Å². The first-order valence-electron chi connectivity index (χ1n) is 6.05. The van der Waals surface area contributed by atoms with Gasteiger partial charge in [-0.3, -0.25) is 4.79 Å². The number of nitrogens with one attached hydrogen (secondary N) is 1. The van der Waals surface area contributed by atoms with Crippen molar-refractivity contribution in [3.63, 3.8) is 0 Å². The van der Waals surface area contributed by atoms with Crippen LogP contribution in [0.3, 0.4) is 0 Å². The zero-order valence-corrected chi connectivity index (χ0v) is 12.4.